The Morgan fingerprint density at radius 1 is 1.60 bits per heavy atom. The van der Waals surface area contributed by atoms with Gasteiger partial charge in [0.2, 0.25) is 0 Å². The van der Waals surface area contributed by atoms with Crippen LogP contribution in [0.4, 0.5) is 0 Å². The van der Waals surface area contributed by atoms with Gasteiger partial charge >= 0.3 is 0 Å². The SMILES string of the molecule is Cc1ccnc(CBr)c1.Cl. The highest BCUT2D eigenvalue weighted by atomic mass is 79.9. The fraction of sp³-hybridized carbons (Fsp3) is 0.286. The van der Waals surface area contributed by atoms with Gasteiger partial charge in [-0.3, -0.25) is 4.98 Å². The lowest BCUT2D eigenvalue weighted by Gasteiger charge is -1.93. The summed E-state index contributed by atoms with van der Waals surface area (Å²) in [4.78, 5) is 4.11. The van der Waals surface area contributed by atoms with Crippen LogP contribution in [-0.4, -0.2) is 4.98 Å². The summed E-state index contributed by atoms with van der Waals surface area (Å²) in [6.07, 6.45) is 1.83. The molecule has 0 aromatic carbocycles. The Morgan fingerprint density at radius 3 is 2.70 bits per heavy atom. The molecule has 56 valence electrons. The third-order valence-electron chi connectivity index (χ3n) is 1.11. The minimum absolute atomic E-state index is 0. The van der Waals surface area contributed by atoms with Crippen LogP contribution in [0.5, 0.6) is 0 Å². The van der Waals surface area contributed by atoms with E-state index in [1.165, 1.54) is 5.56 Å². The molecule has 0 N–H and O–H groups in total. The van der Waals surface area contributed by atoms with Gasteiger partial charge in [0, 0.05) is 11.5 Å². The van der Waals surface area contributed by atoms with Crippen molar-refractivity contribution in [3.05, 3.63) is 29.6 Å². The second-order valence-electron chi connectivity index (χ2n) is 1.96. The minimum Gasteiger partial charge on any atom is -0.260 e. The average molecular weight is 223 g/mol. The molecule has 0 unspecified atom stereocenters. The molecular weight excluding hydrogens is 213 g/mol. The van der Waals surface area contributed by atoms with Crippen molar-refractivity contribution in [3.8, 4) is 0 Å². The summed E-state index contributed by atoms with van der Waals surface area (Å²) in [5.74, 6) is 0. The summed E-state index contributed by atoms with van der Waals surface area (Å²) < 4.78 is 0. The van der Waals surface area contributed by atoms with Crippen molar-refractivity contribution in [2.75, 3.05) is 0 Å². The molecule has 0 aliphatic carbocycles. The molecule has 10 heavy (non-hydrogen) atoms. The Morgan fingerprint density at radius 2 is 2.30 bits per heavy atom. The number of aromatic nitrogens is 1. The zero-order valence-electron chi connectivity index (χ0n) is 5.67. The first-order chi connectivity index (χ1) is 4.33. The van der Waals surface area contributed by atoms with Crippen LogP contribution < -0.4 is 0 Å². The van der Waals surface area contributed by atoms with Crippen molar-refractivity contribution in [1.82, 2.24) is 4.98 Å². The molecule has 0 saturated carbocycles. The Labute approximate surface area is 75.4 Å². The third kappa shape index (κ3) is 2.67. The highest BCUT2D eigenvalue weighted by Gasteiger charge is 1.88. The van der Waals surface area contributed by atoms with Crippen molar-refractivity contribution in [2.24, 2.45) is 0 Å². The molecule has 1 nitrogen and oxygen atoms in total. The molecule has 0 atom stereocenters. The highest BCUT2D eigenvalue weighted by molar-refractivity contribution is 9.08. The van der Waals surface area contributed by atoms with Gasteiger partial charge < -0.3 is 0 Å². The van der Waals surface area contributed by atoms with Crippen LogP contribution in [0, 0.1) is 6.92 Å². The Hall–Kier alpha value is -0.0800. The van der Waals surface area contributed by atoms with Crippen molar-refractivity contribution in [2.45, 2.75) is 12.3 Å². The van der Waals surface area contributed by atoms with Crippen LogP contribution >= 0.6 is 28.3 Å². The molecule has 0 bridgehead atoms. The number of halogens is 2. The Kier molecular flexibility index (Phi) is 4.65. The zero-order valence-corrected chi connectivity index (χ0v) is 8.08. The Balaban J connectivity index is 0.000000810. The molecule has 0 aliphatic heterocycles. The van der Waals surface area contributed by atoms with E-state index in [0.717, 1.165) is 11.0 Å². The van der Waals surface area contributed by atoms with E-state index in [0.29, 0.717) is 0 Å². The monoisotopic (exact) mass is 221 g/mol. The maximum absolute atomic E-state index is 4.11. The van der Waals surface area contributed by atoms with Gasteiger partial charge in [0.1, 0.15) is 0 Å². The maximum Gasteiger partial charge on any atom is 0.0511 e. The largest absolute Gasteiger partial charge is 0.260 e. The average Bonchev–Trinajstić information content (AvgIpc) is 1.88. The topological polar surface area (TPSA) is 12.9 Å². The van der Waals surface area contributed by atoms with Gasteiger partial charge in [-0.2, -0.15) is 0 Å². The summed E-state index contributed by atoms with van der Waals surface area (Å²) in [7, 11) is 0. The number of hydrogen-bond donors (Lipinski definition) is 0. The van der Waals surface area contributed by atoms with Crippen LogP contribution in [0.2, 0.25) is 0 Å². The van der Waals surface area contributed by atoms with Gasteiger partial charge in [-0.1, -0.05) is 15.9 Å². The van der Waals surface area contributed by atoms with Crippen molar-refractivity contribution >= 4 is 28.3 Å². The molecule has 1 rings (SSSR count). The van der Waals surface area contributed by atoms with Crippen LogP contribution in [-0.2, 0) is 5.33 Å². The molecule has 0 spiro atoms. The first-order valence-corrected chi connectivity index (χ1v) is 3.92. The first kappa shape index (κ1) is 9.92. The van der Waals surface area contributed by atoms with Crippen molar-refractivity contribution in [1.29, 1.82) is 0 Å². The molecule has 1 heterocycles. The normalized spacial score (nSPS) is 8.60. The third-order valence-corrected chi connectivity index (χ3v) is 1.68. The van der Waals surface area contributed by atoms with E-state index < -0.39 is 0 Å². The zero-order chi connectivity index (χ0) is 6.69. The molecule has 1 aromatic rings. The molecule has 0 saturated heterocycles. The van der Waals surface area contributed by atoms with Crippen LogP contribution in [0.15, 0.2) is 18.3 Å². The predicted molar refractivity (Wildman–Crippen MR) is 48.9 cm³/mol. The fourth-order valence-corrected chi connectivity index (χ4v) is 0.978. The fourth-order valence-electron chi connectivity index (χ4n) is 0.672. The quantitative estimate of drug-likeness (QED) is 0.666. The molecular formula is C7H9BrClN. The number of rotatable bonds is 1. The summed E-state index contributed by atoms with van der Waals surface area (Å²) in [5, 5.41) is 0.842. The van der Waals surface area contributed by atoms with Gasteiger partial charge in [-0.05, 0) is 24.6 Å². The lowest BCUT2D eigenvalue weighted by molar-refractivity contribution is 1.16. The molecule has 0 aliphatic rings. The molecule has 1 aromatic heterocycles. The highest BCUT2D eigenvalue weighted by Crippen LogP contribution is 2.03. The summed E-state index contributed by atoms with van der Waals surface area (Å²) in [6.45, 7) is 2.06. The van der Waals surface area contributed by atoms with E-state index in [9.17, 15) is 0 Å². The Bertz CT molecular complexity index is 203. The number of pyridine rings is 1. The van der Waals surface area contributed by atoms with Gasteiger partial charge in [0.25, 0.3) is 0 Å². The van der Waals surface area contributed by atoms with E-state index in [-0.39, 0.29) is 12.4 Å². The summed E-state index contributed by atoms with van der Waals surface area (Å²) >= 11 is 3.33. The van der Waals surface area contributed by atoms with Crippen molar-refractivity contribution < 1.29 is 0 Å². The second kappa shape index (κ2) is 4.69. The summed E-state index contributed by atoms with van der Waals surface area (Å²) in [5.41, 5.74) is 2.36. The molecule has 0 amide bonds. The minimum atomic E-state index is 0. The number of nitrogens with zero attached hydrogens (tertiary/aromatic N) is 1. The number of alkyl halides is 1. The van der Waals surface area contributed by atoms with E-state index in [4.69, 9.17) is 0 Å². The summed E-state index contributed by atoms with van der Waals surface area (Å²) in [6, 6.07) is 4.06. The van der Waals surface area contributed by atoms with E-state index in [1.807, 2.05) is 12.3 Å². The van der Waals surface area contributed by atoms with E-state index in [1.54, 1.807) is 0 Å². The lowest BCUT2D eigenvalue weighted by Crippen LogP contribution is -1.83. The van der Waals surface area contributed by atoms with Gasteiger partial charge in [0.15, 0.2) is 0 Å². The van der Waals surface area contributed by atoms with Gasteiger partial charge in [0.05, 0.1) is 5.69 Å². The number of hydrogen-bond acceptors (Lipinski definition) is 1. The molecule has 3 heteroatoms. The molecule has 0 fully saturated rings. The van der Waals surface area contributed by atoms with Crippen molar-refractivity contribution in [3.63, 3.8) is 0 Å². The lowest BCUT2D eigenvalue weighted by atomic mass is 10.3. The van der Waals surface area contributed by atoms with Crippen LogP contribution in [0.1, 0.15) is 11.3 Å². The number of aryl methyl sites for hydroxylation is 1. The van der Waals surface area contributed by atoms with Gasteiger partial charge in [-0.25, -0.2) is 0 Å². The maximum atomic E-state index is 4.11. The first-order valence-electron chi connectivity index (χ1n) is 2.80. The molecule has 0 radical (unpaired) electrons. The van der Waals surface area contributed by atoms with Gasteiger partial charge in [-0.15, -0.1) is 12.4 Å². The van der Waals surface area contributed by atoms with Crippen LogP contribution in [0.3, 0.4) is 0 Å². The standard InChI is InChI=1S/C7H8BrN.ClH/c1-6-2-3-9-7(4-6)5-8;/h2-4H,5H2,1H3;1H. The van der Waals surface area contributed by atoms with E-state index in [2.05, 4.69) is 33.9 Å². The van der Waals surface area contributed by atoms with Crippen LogP contribution in [0.25, 0.3) is 0 Å². The second-order valence-corrected chi connectivity index (χ2v) is 2.52. The predicted octanol–water partition coefficient (Wildman–Crippen LogP) is 2.71. The smallest absolute Gasteiger partial charge is 0.0511 e. The van der Waals surface area contributed by atoms with E-state index >= 15 is 0 Å².